The topological polar surface area (TPSA) is 69.6 Å². The van der Waals surface area contributed by atoms with Gasteiger partial charge in [-0.15, -0.1) is 0 Å². The molecule has 2 amide bonds. The van der Waals surface area contributed by atoms with Gasteiger partial charge in [-0.25, -0.2) is 4.79 Å². The number of carboxylic acid groups (broad SMARTS) is 1. The van der Waals surface area contributed by atoms with E-state index >= 15 is 0 Å². The molecule has 1 atom stereocenters. The Hall–Kier alpha value is -1.26. The summed E-state index contributed by atoms with van der Waals surface area (Å²) < 4.78 is 0. The summed E-state index contributed by atoms with van der Waals surface area (Å²) in [5.41, 5.74) is 0. The quantitative estimate of drug-likeness (QED) is 0.761. The van der Waals surface area contributed by atoms with Gasteiger partial charge in [0.2, 0.25) is 5.91 Å². The number of carbonyl (C=O) groups excluding carboxylic acids is 1. The average molecular weight is 228 g/mol. The van der Waals surface area contributed by atoms with Crippen molar-refractivity contribution in [1.29, 1.82) is 0 Å². The number of likely N-dealkylation sites (tertiary alicyclic amines) is 1. The molecule has 5 nitrogen and oxygen atoms in total. The molecule has 1 rings (SSSR count). The van der Waals surface area contributed by atoms with Gasteiger partial charge in [0.1, 0.15) is 6.04 Å². The Morgan fingerprint density at radius 1 is 1.31 bits per heavy atom. The van der Waals surface area contributed by atoms with E-state index in [2.05, 4.69) is 5.32 Å². The minimum Gasteiger partial charge on any atom is -0.465 e. The van der Waals surface area contributed by atoms with Crippen molar-refractivity contribution < 1.29 is 14.7 Å². The van der Waals surface area contributed by atoms with Crippen LogP contribution in [0.4, 0.5) is 4.79 Å². The van der Waals surface area contributed by atoms with Crippen LogP contribution in [0.5, 0.6) is 0 Å². The van der Waals surface area contributed by atoms with Crippen molar-refractivity contribution in [1.82, 2.24) is 10.2 Å². The highest BCUT2D eigenvalue weighted by molar-refractivity contribution is 5.85. The van der Waals surface area contributed by atoms with Crippen molar-refractivity contribution in [2.45, 2.75) is 39.2 Å². The van der Waals surface area contributed by atoms with Crippen molar-refractivity contribution >= 4 is 12.0 Å². The number of carbonyl (C=O) groups is 2. The minimum absolute atomic E-state index is 0.0754. The van der Waals surface area contributed by atoms with Crippen LogP contribution < -0.4 is 5.32 Å². The summed E-state index contributed by atoms with van der Waals surface area (Å²) in [7, 11) is 0. The minimum atomic E-state index is -1.13. The van der Waals surface area contributed by atoms with E-state index in [-0.39, 0.29) is 5.91 Å². The molecule has 1 aliphatic heterocycles. The van der Waals surface area contributed by atoms with Crippen molar-refractivity contribution in [3.63, 3.8) is 0 Å². The summed E-state index contributed by atoms with van der Waals surface area (Å²) in [5, 5.41) is 11.0. The maximum Gasteiger partial charge on any atom is 0.405 e. The van der Waals surface area contributed by atoms with Crippen LogP contribution in [0.3, 0.4) is 0 Å². The standard InChI is InChI=1S/C11H20N2O3/c1-8(2)7-9(12-11(15)16)10(14)13-5-3-4-6-13/h8-9,12H,3-7H2,1-2H3,(H,15,16)/t9-/m0/s1. The zero-order chi connectivity index (χ0) is 12.1. The van der Waals surface area contributed by atoms with Crippen LogP contribution in [0.15, 0.2) is 0 Å². The van der Waals surface area contributed by atoms with E-state index in [1.54, 1.807) is 4.90 Å². The molecule has 0 aliphatic carbocycles. The van der Waals surface area contributed by atoms with Gasteiger partial charge in [-0.2, -0.15) is 0 Å². The van der Waals surface area contributed by atoms with Crippen molar-refractivity contribution in [3.8, 4) is 0 Å². The van der Waals surface area contributed by atoms with Crippen LogP contribution >= 0.6 is 0 Å². The highest BCUT2D eigenvalue weighted by Crippen LogP contribution is 2.13. The monoisotopic (exact) mass is 228 g/mol. The van der Waals surface area contributed by atoms with Gasteiger partial charge in [0.25, 0.3) is 0 Å². The Morgan fingerprint density at radius 3 is 2.31 bits per heavy atom. The van der Waals surface area contributed by atoms with Gasteiger partial charge >= 0.3 is 6.09 Å². The Kier molecular flexibility index (Phi) is 4.58. The lowest BCUT2D eigenvalue weighted by atomic mass is 10.0. The van der Waals surface area contributed by atoms with Gasteiger partial charge in [-0.05, 0) is 25.2 Å². The zero-order valence-corrected chi connectivity index (χ0v) is 9.90. The molecule has 92 valence electrons. The molecule has 5 heteroatoms. The predicted molar refractivity (Wildman–Crippen MR) is 60.2 cm³/mol. The van der Waals surface area contributed by atoms with Crippen LogP contribution in [0, 0.1) is 5.92 Å². The molecule has 16 heavy (non-hydrogen) atoms. The third-order valence-corrected chi connectivity index (χ3v) is 2.72. The van der Waals surface area contributed by atoms with Gasteiger partial charge in [-0.3, -0.25) is 4.79 Å². The molecule has 2 N–H and O–H groups in total. The number of nitrogens with zero attached hydrogens (tertiary/aromatic N) is 1. The van der Waals surface area contributed by atoms with E-state index in [0.717, 1.165) is 25.9 Å². The molecule has 0 aromatic rings. The maximum atomic E-state index is 12.0. The van der Waals surface area contributed by atoms with E-state index < -0.39 is 12.1 Å². The number of nitrogens with one attached hydrogen (secondary N) is 1. The molecular formula is C11H20N2O3. The van der Waals surface area contributed by atoms with E-state index in [1.165, 1.54) is 0 Å². The molecule has 1 aliphatic rings. The van der Waals surface area contributed by atoms with E-state index in [4.69, 9.17) is 5.11 Å². The first-order chi connectivity index (χ1) is 7.50. The van der Waals surface area contributed by atoms with Gasteiger partial charge in [0, 0.05) is 13.1 Å². The van der Waals surface area contributed by atoms with Crippen LogP contribution in [0.1, 0.15) is 33.1 Å². The summed E-state index contributed by atoms with van der Waals surface area (Å²) >= 11 is 0. The first-order valence-electron chi connectivity index (χ1n) is 5.79. The smallest absolute Gasteiger partial charge is 0.405 e. The van der Waals surface area contributed by atoms with E-state index in [0.29, 0.717) is 12.3 Å². The summed E-state index contributed by atoms with van der Waals surface area (Å²) in [4.78, 5) is 24.4. The SMILES string of the molecule is CC(C)C[C@H](NC(=O)O)C(=O)N1CCCC1. The van der Waals surface area contributed by atoms with Gasteiger partial charge in [-0.1, -0.05) is 13.8 Å². The summed E-state index contributed by atoms with van der Waals surface area (Å²) in [6.45, 7) is 5.48. The third-order valence-electron chi connectivity index (χ3n) is 2.72. The molecule has 1 fully saturated rings. The van der Waals surface area contributed by atoms with Crippen LogP contribution in [0.25, 0.3) is 0 Å². The maximum absolute atomic E-state index is 12.0. The molecule has 0 unspecified atom stereocenters. The predicted octanol–water partition coefficient (Wildman–Crippen LogP) is 1.29. The Bertz CT molecular complexity index is 260. The normalized spacial score (nSPS) is 17.6. The first kappa shape index (κ1) is 12.8. The number of rotatable bonds is 4. The fourth-order valence-electron chi connectivity index (χ4n) is 2.00. The molecule has 0 bridgehead atoms. The Labute approximate surface area is 95.8 Å². The fourth-order valence-corrected chi connectivity index (χ4v) is 2.00. The van der Waals surface area contributed by atoms with Crippen LogP contribution in [0.2, 0.25) is 0 Å². The van der Waals surface area contributed by atoms with Gasteiger partial charge < -0.3 is 15.3 Å². The Balaban J connectivity index is 2.58. The molecule has 0 aromatic carbocycles. The van der Waals surface area contributed by atoms with Crippen LogP contribution in [-0.2, 0) is 4.79 Å². The summed E-state index contributed by atoms with van der Waals surface area (Å²) in [6.07, 6.45) is 1.47. The third kappa shape index (κ3) is 3.72. The lowest BCUT2D eigenvalue weighted by Crippen LogP contribution is -2.47. The highest BCUT2D eigenvalue weighted by Gasteiger charge is 2.28. The molecule has 1 heterocycles. The second kappa shape index (κ2) is 5.72. The number of amides is 2. The molecule has 0 spiro atoms. The van der Waals surface area contributed by atoms with Gasteiger partial charge in [0.05, 0.1) is 0 Å². The average Bonchev–Trinajstić information content (AvgIpc) is 2.66. The molecule has 0 radical (unpaired) electrons. The highest BCUT2D eigenvalue weighted by atomic mass is 16.4. The van der Waals surface area contributed by atoms with Crippen molar-refractivity contribution in [2.24, 2.45) is 5.92 Å². The second-order valence-corrected chi connectivity index (χ2v) is 4.66. The lowest BCUT2D eigenvalue weighted by Gasteiger charge is -2.24. The zero-order valence-electron chi connectivity index (χ0n) is 9.90. The molecular weight excluding hydrogens is 208 g/mol. The summed E-state index contributed by atoms with van der Waals surface area (Å²) in [5.74, 6) is 0.219. The summed E-state index contributed by atoms with van der Waals surface area (Å²) in [6, 6.07) is -0.587. The largest absolute Gasteiger partial charge is 0.465 e. The fraction of sp³-hybridized carbons (Fsp3) is 0.818. The number of hydrogen-bond donors (Lipinski definition) is 2. The molecule has 0 aromatic heterocycles. The van der Waals surface area contributed by atoms with E-state index in [1.807, 2.05) is 13.8 Å². The lowest BCUT2D eigenvalue weighted by molar-refractivity contribution is -0.132. The van der Waals surface area contributed by atoms with Crippen molar-refractivity contribution in [3.05, 3.63) is 0 Å². The van der Waals surface area contributed by atoms with Gasteiger partial charge in [0.15, 0.2) is 0 Å². The van der Waals surface area contributed by atoms with Crippen molar-refractivity contribution in [2.75, 3.05) is 13.1 Å². The Morgan fingerprint density at radius 2 is 1.88 bits per heavy atom. The van der Waals surface area contributed by atoms with Crippen LogP contribution in [-0.4, -0.2) is 41.1 Å². The molecule has 0 saturated carbocycles. The van der Waals surface area contributed by atoms with E-state index in [9.17, 15) is 9.59 Å². The first-order valence-corrected chi connectivity index (χ1v) is 5.79. The number of hydrogen-bond acceptors (Lipinski definition) is 2. The second-order valence-electron chi connectivity index (χ2n) is 4.66. The molecule has 1 saturated heterocycles.